The maximum absolute atomic E-state index is 12.9. The first-order valence-corrected chi connectivity index (χ1v) is 6.09. The molecule has 1 heterocycles. The normalized spacial score (nSPS) is 10.7. The summed E-state index contributed by atoms with van der Waals surface area (Å²) in [5.41, 5.74) is 3.25. The van der Waals surface area contributed by atoms with Crippen LogP contribution in [0.3, 0.4) is 0 Å². The Morgan fingerprint density at radius 3 is 2.50 bits per heavy atom. The Labute approximate surface area is 107 Å². The van der Waals surface area contributed by atoms with Crippen LogP contribution in [0.15, 0.2) is 42.6 Å². The van der Waals surface area contributed by atoms with Gasteiger partial charge >= 0.3 is 0 Å². The lowest BCUT2D eigenvalue weighted by Crippen LogP contribution is -2.00. The van der Waals surface area contributed by atoms with E-state index in [4.69, 9.17) is 0 Å². The molecule has 0 atom stereocenters. The summed E-state index contributed by atoms with van der Waals surface area (Å²) < 4.78 is 12.9. The fraction of sp³-hybridized carbons (Fsp3) is 0.267. The molecule has 2 nitrogen and oxygen atoms in total. The van der Waals surface area contributed by atoms with E-state index in [-0.39, 0.29) is 0 Å². The van der Waals surface area contributed by atoms with Gasteiger partial charge in [-0.15, -0.1) is 0 Å². The maximum Gasteiger partial charge on any atom is 0.214 e. The first-order chi connectivity index (χ1) is 8.65. The first kappa shape index (κ1) is 12.6. The highest BCUT2D eigenvalue weighted by molar-refractivity contribution is 5.42. The summed E-state index contributed by atoms with van der Waals surface area (Å²) in [5, 5.41) is 3.17. The fourth-order valence-electron chi connectivity index (χ4n) is 1.74. The number of hydrogen-bond acceptors (Lipinski definition) is 2. The van der Waals surface area contributed by atoms with Crippen molar-refractivity contribution in [3.8, 4) is 0 Å². The van der Waals surface area contributed by atoms with Crippen LogP contribution in [0, 0.1) is 5.95 Å². The topological polar surface area (TPSA) is 24.9 Å². The largest absolute Gasteiger partial charge is 0.381 e. The molecule has 0 spiro atoms. The second kappa shape index (κ2) is 5.63. The van der Waals surface area contributed by atoms with E-state index < -0.39 is 5.95 Å². The molecule has 0 aliphatic heterocycles. The van der Waals surface area contributed by atoms with Gasteiger partial charge in [0, 0.05) is 24.5 Å². The number of pyridine rings is 1. The van der Waals surface area contributed by atoms with E-state index in [1.165, 1.54) is 23.4 Å². The Kier molecular flexibility index (Phi) is 3.92. The van der Waals surface area contributed by atoms with Crippen LogP contribution in [0.4, 0.5) is 10.1 Å². The van der Waals surface area contributed by atoms with E-state index in [1.54, 1.807) is 6.07 Å². The maximum atomic E-state index is 12.9. The average molecular weight is 244 g/mol. The third kappa shape index (κ3) is 3.29. The van der Waals surface area contributed by atoms with Gasteiger partial charge in [0.05, 0.1) is 0 Å². The zero-order chi connectivity index (χ0) is 13.0. The summed E-state index contributed by atoms with van der Waals surface area (Å²) >= 11 is 0. The smallest absolute Gasteiger partial charge is 0.214 e. The lowest BCUT2D eigenvalue weighted by atomic mass is 10.0. The molecule has 0 radical (unpaired) electrons. The van der Waals surface area contributed by atoms with Gasteiger partial charge in [-0.25, -0.2) is 4.98 Å². The van der Waals surface area contributed by atoms with Crippen LogP contribution < -0.4 is 5.32 Å². The molecule has 1 N–H and O–H groups in total. The lowest BCUT2D eigenvalue weighted by Gasteiger charge is -2.09. The van der Waals surface area contributed by atoms with Gasteiger partial charge in [-0.1, -0.05) is 38.1 Å². The zero-order valence-electron chi connectivity index (χ0n) is 10.7. The van der Waals surface area contributed by atoms with Crippen LogP contribution in [0.2, 0.25) is 0 Å². The predicted octanol–water partition coefficient (Wildman–Crippen LogP) is 3.96. The number of anilines is 1. The predicted molar refractivity (Wildman–Crippen MR) is 72.1 cm³/mol. The van der Waals surface area contributed by atoms with Crippen molar-refractivity contribution in [2.45, 2.75) is 26.3 Å². The van der Waals surface area contributed by atoms with Gasteiger partial charge in [0.15, 0.2) is 0 Å². The summed E-state index contributed by atoms with van der Waals surface area (Å²) in [6, 6.07) is 11.6. The van der Waals surface area contributed by atoms with Crippen LogP contribution in [-0.2, 0) is 6.54 Å². The second-order valence-corrected chi connectivity index (χ2v) is 4.62. The van der Waals surface area contributed by atoms with Gasteiger partial charge in [0.1, 0.15) is 0 Å². The van der Waals surface area contributed by atoms with Gasteiger partial charge in [-0.3, -0.25) is 0 Å². The number of halogens is 1. The van der Waals surface area contributed by atoms with Crippen molar-refractivity contribution in [1.82, 2.24) is 4.98 Å². The molecule has 18 heavy (non-hydrogen) atoms. The van der Waals surface area contributed by atoms with E-state index in [2.05, 4.69) is 48.4 Å². The number of benzene rings is 1. The summed E-state index contributed by atoms with van der Waals surface area (Å²) in [7, 11) is 0. The summed E-state index contributed by atoms with van der Waals surface area (Å²) in [6.45, 7) is 5.03. The molecule has 0 unspecified atom stereocenters. The van der Waals surface area contributed by atoms with Crippen molar-refractivity contribution >= 4 is 5.69 Å². The highest BCUT2D eigenvalue weighted by Gasteiger charge is 1.99. The van der Waals surface area contributed by atoms with Crippen molar-refractivity contribution in [3.05, 3.63) is 59.7 Å². The standard InChI is InChI=1S/C15H17FN2/c1-11(2)13-5-3-12(4-6-13)10-18-14-7-8-17-15(16)9-14/h3-9,11H,10H2,1-2H3,(H,17,18). The molecule has 2 rings (SSSR count). The van der Waals surface area contributed by atoms with E-state index in [0.717, 1.165) is 5.69 Å². The number of rotatable bonds is 4. The SMILES string of the molecule is CC(C)c1ccc(CNc2ccnc(F)c2)cc1. The minimum atomic E-state index is -0.463. The molecule has 1 aromatic carbocycles. The Morgan fingerprint density at radius 1 is 1.17 bits per heavy atom. The Hall–Kier alpha value is -1.90. The molecule has 3 heteroatoms. The van der Waals surface area contributed by atoms with Gasteiger partial charge in [0.25, 0.3) is 0 Å². The fourth-order valence-corrected chi connectivity index (χ4v) is 1.74. The van der Waals surface area contributed by atoms with E-state index >= 15 is 0 Å². The molecule has 0 saturated carbocycles. The molecule has 0 fully saturated rings. The third-order valence-electron chi connectivity index (χ3n) is 2.87. The minimum absolute atomic E-state index is 0.463. The molecule has 94 valence electrons. The summed E-state index contributed by atoms with van der Waals surface area (Å²) in [5.74, 6) is 0.0801. The van der Waals surface area contributed by atoms with Gasteiger partial charge < -0.3 is 5.32 Å². The Bertz CT molecular complexity index is 506. The van der Waals surface area contributed by atoms with Crippen molar-refractivity contribution in [2.24, 2.45) is 0 Å². The highest BCUT2D eigenvalue weighted by Crippen LogP contribution is 2.15. The molecule has 1 aromatic heterocycles. The lowest BCUT2D eigenvalue weighted by molar-refractivity contribution is 0.584. The molecule has 0 saturated heterocycles. The van der Waals surface area contributed by atoms with Crippen molar-refractivity contribution in [2.75, 3.05) is 5.32 Å². The Balaban J connectivity index is 1.98. The highest BCUT2D eigenvalue weighted by atomic mass is 19.1. The monoisotopic (exact) mass is 244 g/mol. The van der Waals surface area contributed by atoms with Crippen LogP contribution in [0.1, 0.15) is 30.9 Å². The van der Waals surface area contributed by atoms with Crippen LogP contribution >= 0.6 is 0 Å². The molecular weight excluding hydrogens is 227 g/mol. The number of aromatic nitrogens is 1. The zero-order valence-corrected chi connectivity index (χ0v) is 10.7. The van der Waals surface area contributed by atoms with Crippen molar-refractivity contribution in [3.63, 3.8) is 0 Å². The molecule has 0 bridgehead atoms. The van der Waals surface area contributed by atoms with Crippen LogP contribution in [0.25, 0.3) is 0 Å². The molecular formula is C15H17FN2. The number of nitrogens with one attached hydrogen (secondary N) is 1. The van der Waals surface area contributed by atoms with E-state index in [0.29, 0.717) is 12.5 Å². The number of hydrogen-bond donors (Lipinski definition) is 1. The minimum Gasteiger partial charge on any atom is -0.381 e. The van der Waals surface area contributed by atoms with Crippen molar-refractivity contribution in [1.29, 1.82) is 0 Å². The quantitative estimate of drug-likeness (QED) is 0.823. The molecule has 0 aliphatic carbocycles. The third-order valence-corrected chi connectivity index (χ3v) is 2.87. The van der Waals surface area contributed by atoms with Gasteiger partial charge in [-0.05, 0) is 23.1 Å². The Morgan fingerprint density at radius 2 is 1.89 bits per heavy atom. The summed E-state index contributed by atoms with van der Waals surface area (Å²) in [4.78, 5) is 3.52. The summed E-state index contributed by atoms with van der Waals surface area (Å²) in [6.07, 6.45) is 1.46. The molecule has 2 aromatic rings. The second-order valence-electron chi connectivity index (χ2n) is 4.62. The first-order valence-electron chi connectivity index (χ1n) is 6.09. The van der Waals surface area contributed by atoms with Gasteiger partial charge in [-0.2, -0.15) is 4.39 Å². The van der Waals surface area contributed by atoms with Crippen LogP contribution in [-0.4, -0.2) is 4.98 Å². The molecule has 0 aliphatic rings. The van der Waals surface area contributed by atoms with Crippen molar-refractivity contribution < 1.29 is 4.39 Å². The average Bonchev–Trinajstić information content (AvgIpc) is 2.37. The number of nitrogens with zero attached hydrogens (tertiary/aromatic N) is 1. The van der Waals surface area contributed by atoms with E-state index in [9.17, 15) is 4.39 Å². The van der Waals surface area contributed by atoms with E-state index in [1.807, 2.05) is 0 Å². The van der Waals surface area contributed by atoms with Gasteiger partial charge in [0.2, 0.25) is 5.95 Å². The molecule has 0 amide bonds. The van der Waals surface area contributed by atoms with Crippen LogP contribution in [0.5, 0.6) is 0 Å².